The number of esters is 1. The van der Waals surface area contributed by atoms with Gasteiger partial charge in [-0.1, -0.05) is 37.6 Å². The molecule has 1 aliphatic carbocycles. The van der Waals surface area contributed by atoms with Crippen LogP contribution in [0.5, 0.6) is 0 Å². The van der Waals surface area contributed by atoms with Crippen molar-refractivity contribution in [2.24, 2.45) is 0 Å². The highest BCUT2D eigenvalue weighted by molar-refractivity contribution is 5.77. The lowest BCUT2D eigenvalue weighted by molar-refractivity contribution is -0.147. The Bertz CT molecular complexity index is 1060. The number of carbonyl (C=O) groups is 1. The van der Waals surface area contributed by atoms with Crippen LogP contribution in [0.3, 0.4) is 0 Å². The lowest BCUT2D eigenvalue weighted by Gasteiger charge is -2.27. The molecule has 1 saturated carbocycles. The molecule has 2 aromatic heterocycles. The second-order valence-corrected chi connectivity index (χ2v) is 8.42. The molecule has 1 aliphatic rings. The molecular weight excluding hydrogens is 406 g/mol. The van der Waals surface area contributed by atoms with E-state index in [1.807, 2.05) is 35.0 Å². The Hall–Kier alpha value is -3.00. The molecule has 32 heavy (non-hydrogen) atoms. The zero-order valence-electron chi connectivity index (χ0n) is 18.8. The third-order valence-corrected chi connectivity index (χ3v) is 6.01. The molecule has 1 aromatic carbocycles. The van der Waals surface area contributed by atoms with Crippen LogP contribution in [0.2, 0.25) is 0 Å². The number of nitrogens with one attached hydrogen (secondary N) is 1. The monoisotopic (exact) mass is 437 g/mol. The smallest absolute Gasteiger partial charge is 0.302 e. The summed E-state index contributed by atoms with van der Waals surface area (Å²) in [5.41, 5.74) is 3.53. The number of aliphatic hydroxyl groups excluding tert-OH is 1. The maximum absolute atomic E-state index is 11.3. The molecule has 0 aliphatic heterocycles. The number of aliphatic hydroxyl groups is 1. The van der Waals surface area contributed by atoms with Gasteiger partial charge in [-0.25, -0.2) is 14.5 Å². The van der Waals surface area contributed by atoms with E-state index >= 15 is 0 Å². The van der Waals surface area contributed by atoms with Gasteiger partial charge in [-0.2, -0.15) is 0 Å². The van der Waals surface area contributed by atoms with Crippen molar-refractivity contribution >= 4 is 17.4 Å². The number of unbranched alkanes of at least 4 members (excludes halogenated alkanes) is 1. The first kappa shape index (κ1) is 22.2. The molecule has 2 heterocycles. The Morgan fingerprint density at radius 1 is 1.22 bits per heavy atom. The molecule has 0 saturated heterocycles. The van der Waals surface area contributed by atoms with Crippen LogP contribution < -0.4 is 5.32 Å². The zero-order chi connectivity index (χ0) is 22.5. The minimum absolute atomic E-state index is 0.0109. The van der Waals surface area contributed by atoms with E-state index in [4.69, 9.17) is 14.8 Å². The molecule has 3 aromatic rings. The summed E-state index contributed by atoms with van der Waals surface area (Å²) in [6.07, 6.45) is 7.41. The summed E-state index contributed by atoms with van der Waals surface area (Å²) in [4.78, 5) is 20.9. The molecule has 0 bridgehead atoms. The van der Waals surface area contributed by atoms with E-state index in [0.29, 0.717) is 5.95 Å². The van der Waals surface area contributed by atoms with Crippen molar-refractivity contribution in [2.75, 3.05) is 11.9 Å². The van der Waals surface area contributed by atoms with E-state index in [1.165, 1.54) is 6.92 Å². The maximum atomic E-state index is 11.3. The van der Waals surface area contributed by atoms with Gasteiger partial charge in [-0.05, 0) is 37.7 Å². The number of aromatic nitrogens is 4. The van der Waals surface area contributed by atoms with Crippen molar-refractivity contribution in [3.63, 3.8) is 0 Å². The predicted molar refractivity (Wildman–Crippen MR) is 122 cm³/mol. The summed E-state index contributed by atoms with van der Waals surface area (Å²) in [5.74, 6) is 1.53. The van der Waals surface area contributed by atoms with Crippen molar-refractivity contribution in [1.29, 1.82) is 0 Å². The number of benzene rings is 1. The van der Waals surface area contributed by atoms with Crippen LogP contribution in [0.25, 0.3) is 16.8 Å². The fourth-order valence-electron chi connectivity index (χ4n) is 4.28. The number of hydrogen-bond acceptors (Lipinski definition) is 7. The molecule has 0 spiro atoms. The molecule has 1 fully saturated rings. The normalized spacial score (nSPS) is 18.6. The summed E-state index contributed by atoms with van der Waals surface area (Å²) in [6.45, 7) is 4.46. The van der Waals surface area contributed by atoms with Gasteiger partial charge in [0.05, 0.1) is 18.5 Å². The van der Waals surface area contributed by atoms with Crippen LogP contribution in [0.4, 0.5) is 5.95 Å². The van der Waals surface area contributed by atoms with E-state index < -0.39 is 0 Å². The molecule has 0 radical (unpaired) electrons. The number of fused-ring (bicyclic) bond motifs is 1. The largest absolute Gasteiger partial charge is 0.463 e. The number of rotatable bonds is 8. The zero-order valence-corrected chi connectivity index (χ0v) is 18.8. The molecule has 8 nitrogen and oxygen atoms in total. The Morgan fingerprint density at radius 3 is 2.62 bits per heavy atom. The molecule has 0 amide bonds. The van der Waals surface area contributed by atoms with Gasteiger partial charge in [0.1, 0.15) is 17.4 Å². The Morgan fingerprint density at radius 2 is 1.97 bits per heavy atom. The average Bonchev–Trinajstić information content (AvgIpc) is 3.18. The Kier molecular flexibility index (Phi) is 6.99. The lowest BCUT2D eigenvalue weighted by atomic mass is 9.87. The summed E-state index contributed by atoms with van der Waals surface area (Å²) >= 11 is 0. The van der Waals surface area contributed by atoms with E-state index in [0.717, 1.165) is 73.2 Å². The second kappa shape index (κ2) is 10.1. The Balaban J connectivity index is 1.67. The Labute approximate surface area is 188 Å². The van der Waals surface area contributed by atoms with Crippen LogP contribution in [0.15, 0.2) is 30.5 Å². The van der Waals surface area contributed by atoms with Gasteiger partial charge >= 0.3 is 5.97 Å². The number of hydrogen-bond donors (Lipinski definition) is 2. The number of ether oxygens (including phenoxy) is 1. The van der Waals surface area contributed by atoms with Gasteiger partial charge in [-0.3, -0.25) is 4.79 Å². The van der Waals surface area contributed by atoms with Crippen molar-refractivity contribution in [1.82, 2.24) is 19.6 Å². The highest BCUT2D eigenvalue weighted by Gasteiger charge is 2.29. The van der Waals surface area contributed by atoms with Gasteiger partial charge in [-0.15, -0.1) is 5.10 Å². The van der Waals surface area contributed by atoms with Gasteiger partial charge < -0.3 is 15.2 Å². The molecule has 8 heteroatoms. The van der Waals surface area contributed by atoms with Crippen LogP contribution >= 0.6 is 0 Å². The third kappa shape index (κ3) is 4.91. The standard InChI is InChI=1S/C24H31N5O3/c1-3-4-13-25-24-26-14-21-22(18-7-5-17(15-30)6-8-18)27-23(29(21)28-24)19-9-11-20(12-10-19)32-16(2)31/h5-8,14,19-20,30H,3-4,9-13,15H2,1-2H3,(H,25,28). The molecule has 0 unspecified atom stereocenters. The maximum Gasteiger partial charge on any atom is 0.302 e. The fraction of sp³-hybridized carbons (Fsp3) is 0.500. The quantitative estimate of drug-likeness (QED) is 0.404. The number of imidazole rings is 1. The topological polar surface area (TPSA) is 102 Å². The van der Waals surface area contributed by atoms with Crippen molar-refractivity contribution in [3.8, 4) is 11.3 Å². The molecule has 170 valence electrons. The highest BCUT2D eigenvalue weighted by atomic mass is 16.5. The van der Waals surface area contributed by atoms with Crippen molar-refractivity contribution in [3.05, 3.63) is 41.9 Å². The minimum Gasteiger partial charge on any atom is -0.463 e. The first-order valence-electron chi connectivity index (χ1n) is 11.5. The molecule has 0 atom stereocenters. The second-order valence-electron chi connectivity index (χ2n) is 8.42. The van der Waals surface area contributed by atoms with E-state index in [2.05, 4.69) is 17.2 Å². The molecular formula is C24H31N5O3. The van der Waals surface area contributed by atoms with Gasteiger partial charge in [0.25, 0.3) is 0 Å². The predicted octanol–water partition coefficient (Wildman–Crippen LogP) is 4.08. The van der Waals surface area contributed by atoms with E-state index in [9.17, 15) is 9.90 Å². The summed E-state index contributed by atoms with van der Waals surface area (Å²) in [6, 6.07) is 7.77. The van der Waals surface area contributed by atoms with Crippen molar-refractivity contribution < 1.29 is 14.6 Å². The average molecular weight is 438 g/mol. The molecule has 2 N–H and O–H groups in total. The van der Waals surface area contributed by atoms with Crippen LogP contribution in [0.1, 0.15) is 69.7 Å². The van der Waals surface area contributed by atoms with Crippen molar-refractivity contribution in [2.45, 2.75) is 71.0 Å². The number of anilines is 1. The van der Waals surface area contributed by atoms with Gasteiger partial charge in [0.2, 0.25) is 5.95 Å². The van der Waals surface area contributed by atoms with E-state index in [1.54, 1.807) is 0 Å². The fourth-order valence-corrected chi connectivity index (χ4v) is 4.28. The summed E-state index contributed by atoms with van der Waals surface area (Å²) in [7, 11) is 0. The van der Waals surface area contributed by atoms with Crippen LogP contribution in [0, 0.1) is 0 Å². The highest BCUT2D eigenvalue weighted by Crippen LogP contribution is 2.36. The van der Waals surface area contributed by atoms with E-state index in [-0.39, 0.29) is 24.6 Å². The number of nitrogens with zero attached hydrogens (tertiary/aromatic N) is 4. The SMILES string of the molecule is CCCCNc1ncc2c(-c3ccc(CO)cc3)nc(C3CCC(OC(C)=O)CC3)n2n1. The molecule has 4 rings (SSSR count). The van der Waals surface area contributed by atoms with Crippen LogP contribution in [-0.2, 0) is 16.1 Å². The first-order chi connectivity index (χ1) is 15.6. The lowest BCUT2D eigenvalue weighted by Crippen LogP contribution is -2.23. The summed E-state index contributed by atoms with van der Waals surface area (Å²) in [5, 5.41) is 17.4. The van der Waals surface area contributed by atoms with Gasteiger partial charge in [0.15, 0.2) is 0 Å². The van der Waals surface area contributed by atoms with Crippen LogP contribution in [-0.4, -0.2) is 43.3 Å². The number of carbonyl (C=O) groups excluding carboxylic acids is 1. The third-order valence-electron chi connectivity index (χ3n) is 6.01. The minimum atomic E-state index is -0.219. The first-order valence-corrected chi connectivity index (χ1v) is 11.5. The summed E-state index contributed by atoms with van der Waals surface area (Å²) < 4.78 is 7.34. The van der Waals surface area contributed by atoms with Gasteiger partial charge in [0, 0.05) is 24.9 Å².